The van der Waals surface area contributed by atoms with E-state index < -0.39 is 5.97 Å². The third-order valence-electron chi connectivity index (χ3n) is 3.22. The highest BCUT2D eigenvalue weighted by Gasteiger charge is 2.07. The molecule has 0 aliphatic heterocycles. The van der Waals surface area contributed by atoms with Gasteiger partial charge in [-0.15, -0.1) is 0 Å². The zero-order valence-corrected chi connectivity index (χ0v) is 12.8. The number of carbonyl (C=O) groups is 2. The van der Waals surface area contributed by atoms with E-state index in [1.165, 1.54) is 32.4 Å². The van der Waals surface area contributed by atoms with Crippen LogP contribution in [0.4, 0.5) is 0 Å². The van der Waals surface area contributed by atoms with E-state index in [1.807, 2.05) is 0 Å². The number of methoxy groups -OCH3 is 2. The van der Waals surface area contributed by atoms with Crippen LogP contribution in [-0.4, -0.2) is 31.1 Å². The van der Waals surface area contributed by atoms with Gasteiger partial charge in [-0.25, -0.2) is 4.79 Å². The number of ether oxygens (including phenoxy) is 2. The van der Waals surface area contributed by atoms with Gasteiger partial charge in [0.05, 0.1) is 19.8 Å². The molecule has 0 unspecified atom stereocenters. The molecule has 0 saturated carbocycles. The van der Waals surface area contributed by atoms with Gasteiger partial charge in [-0.1, -0.05) is 18.2 Å². The Morgan fingerprint density at radius 3 is 1.96 bits per heavy atom. The molecule has 2 rings (SSSR count). The lowest BCUT2D eigenvalue weighted by Gasteiger charge is -2.06. The van der Waals surface area contributed by atoms with Crippen LogP contribution in [0.2, 0.25) is 0 Å². The molecule has 2 aromatic carbocycles. The zero-order valence-electron chi connectivity index (χ0n) is 12.8. The van der Waals surface area contributed by atoms with Crippen molar-refractivity contribution < 1.29 is 24.2 Å². The third-order valence-corrected chi connectivity index (χ3v) is 3.22. The average Bonchev–Trinajstić information content (AvgIpc) is 2.59. The van der Waals surface area contributed by atoms with Crippen LogP contribution < -0.4 is 9.47 Å². The Morgan fingerprint density at radius 2 is 1.48 bits per heavy atom. The minimum absolute atomic E-state index is 0.200. The van der Waals surface area contributed by atoms with Crippen LogP contribution in [0.25, 0.3) is 6.08 Å². The predicted molar refractivity (Wildman–Crippen MR) is 86.3 cm³/mol. The lowest BCUT2D eigenvalue weighted by Crippen LogP contribution is -1.97. The number of benzene rings is 2. The number of carboxylic acid groups (broad SMARTS) is 1. The Hall–Kier alpha value is -3.08. The molecule has 5 nitrogen and oxygen atoms in total. The minimum atomic E-state index is -0.986. The van der Waals surface area contributed by atoms with Gasteiger partial charge in [0.1, 0.15) is 11.5 Å². The molecule has 23 heavy (non-hydrogen) atoms. The fourth-order valence-corrected chi connectivity index (χ4v) is 1.95. The molecule has 2 aromatic rings. The predicted octanol–water partition coefficient (Wildman–Crippen LogP) is 3.30. The maximum absolute atomic E-state index is 12.2. The molecule has 0 bridgehead atoms. The largest absolute Gasteiger partial charge is 0.497 e. The molecule has 1 N–H and O–H groups in total. The van der Waals surface area contributed by atoms with E-state index in [-0.39, 0.29) is 11.3 Å². The molecule has 0 amide bonds. The van der Waals surface area contributed by atoms with Crippen molar-refractivity contribution in [3.63, 3.8) is 0 Å². The second-order valence-electron chi connectivity index (χ2n) is 4.73. The van der Waals surface area contributed by atoms with Crippen molar-refractivity contribution in [3.05, 3.63) is 65.2 Å². The highest BCUT2D eigenvalue weighted by molar-refractivity contribution is 6.07. The van der Waals surface area contributed by atoms with E-state index in [4.69, 9.17) is 14.6 Å². The van der Waals surface area contributed by atoms with E-state index in [0.717, 1.165) is 5.56 Å². The molecule has 0 saturated heterocycles. The first-order chi connectivity index (χ1) is 11.0. The fraction of sp³-hybridized carbons (Fsp3) is 0.111. The Balaban J connectivity index is 2.19. The molecule has 118 valence electrons. The van der Waals surface area contributed by atoms with Crippen molar-refractivity contribution in [3.8, 4) is 11.5 Å². The summed E-state index contributed by atoms with van der Waals surface area (Å²) in [5, 5.41) is 8.85. The molecule has 0 radical (unpaired) electrons. The number of aromatic carboxylic acids is 1. The first-order valence-electron chi connectivity index (χ1n) is 6.82. The molecule has 0 aliphatic carbocycles. The summed E-state index contributed by atoms with van der Waals surface area (Å²) in [6.07, 6.45) is 3.05. The number of carbonyl (C=O) groups excluding carboxylic acids is 1. The maximum atomic E-state index is 12.2. The number of carboxylic acids is 1. The Kier molecular flexibility index (Phi) is 5.15. The zero-order chi connectivity index (χ0) is 16.8. The maximum Gasteiger partial charge on any atom is 0.335 e. The number of hydrogen-bond acceptors (Lipinski definition) is 4. The molecule has 0 fully saturated rings. The SMILES string of the molecule is COc1cc(OC)cc(C(=O)/C=C/c2ccc(C(=O)O)cc2)c1. The van der Waals surface area contributed by atoms with Crippen molar-refractivity contribution in [2.24, 2.45) is 0 Å². The van der Waals surface area contributed by atoms with E-state index in [0.29, 0.717) is 17.1 Å². The summed E-state index contributed by atoms with van der Waals surface area (Å²) in [6.45, 7) is 0. The Labute approximate surface area is 133 Å². The van der Waals surface area contributed by atoms with Gasteiger partial charge >= 0.3 is 5.97 Å². The van der Waals surface area contributed by atoms with Crippen molar-refractivity contribution in [2.45, 2.75) is 0 Å². The molecule has 0 aromatic heterocycles. The van der Waals surface area contributed by atoms with E-state index >= 15 is 0 Å². The van der Waals surface area contributed by atoms with Crippen molar-refractivity contribution >= 4 is 17.8 Å². The first kappa shape index (κ1) is 16.3. The molecular weight excluding hydrogens is 296 g/mol. The van der Waals surface area contributed by atoms with Crippen LogP contribution in [0.1, 0.15) is 26.3 Å². The molecule has 0 heterocycles. The van der Waals surface area contributed by atoms with Crippen LogP contribution in [-0.2, 0) is 0 Å². The van der Waals surface area contributed by atoms with Crippen LogP contribution in [0.15, 0.2) is 48.5 Å². The highest BCUT2D eigenvalue weighted by Crippen LogP contribution is 2.23. The molecule has 5 heteroatoms. The quantitative estimate of drug-likeness (QED) is 0.654. The summed E-state index contributed by atoms with van der Waals surface area (Å²) in [5.41, 5.74) is 1.38. The summed E-state index contributed by atoms with van der Waals surface area (Å²) in [6, 6.07) is 11.2. The Bertz CT molecular complexity index is 722. The van der Waals surface area contributed by atoms with Gasteiger partial charge < -0.3 is 14.6 Å². The number of hydrogen-bond donors (Lipinski definition) is 1. The smallest absolute Gasteiger partial charge is 0.335 e. The van der Waals surface area contributed by atoms with E-state index in [2.05, 4.69) is 0 Å². The summed E-state index contributed by atoms with van der Waals surface area (Å²) >= 11 is 0. The van der Waals surface area contributed by atoms with Crippen LogP contribution in [0.3, 0.4) is 0 Å². The normalized spacial score (nSPS) is 10.5. The molecule has 0 aliphatic rings. The lowest BCUT2D eigenvalue weighted by atomic mass is 10.1. The summed E-state index contributed by atoms with van der Waals surface area (Å²) in [7, 11) is 3.03. The number of allylic oxidation sites excluding steroid dienone is 1. The van der Waals surface area contributed by atoms with Gasteiger partial charge in [-0.05, 0) is 35.9 Å². The van der Waals surface area contributed by atoms with E-state index in [9.17, 15) is 9.59 Å². The van der Waals surface area contributed by atoms with Crippen LogP contribution in [0, 0.1) is 0 Å². The summed E-state index contributed by atoms with van der Waals surface area (Å²) in [4.78, 5) is 23.0. The minimum Gasteiger partial charge on any atom is -0.497 e. The second kappa shape index (κ2) is 7.26. The van der Waals surface area contributed by atoms with Crippen LogP contribution in [0.5, 0.6) is 11.5 Å². The summed E-state index contributed by atoms with van der Waals surface area (Å²) < 4.78 is 10.3. The fourth-order valence-electron chi connectivity index (χ4n) is 1.95. The average molecular weight is 312 g/mol. The topological polar surface area (TPSA) is 72.8 Å². The third kappa shape index (κ3) is 4.20. The molecule has 0 spiro atoms. The van der Waals surface area contributed by atoms with Gasteiger partial charge in [-0.2, -0.15) is 0 Å². The lowest BCUT2D eigenvalue weighted by molar-refractivity contribution is 0.0696. The first-order valence-corrected chi connectivity index (χ1v) is 6.82. The standard InChI is InChI=1S/C18H16O5/c1-22-15-9-14(10-16(11-15)23-2)17(19)8-5-12-3-6-13(7-4-12)18(20)21/h3-11H,1-2H3,(H,20,21)/b8-5+. The number of rotatable bonds is 6. The second-order valence-corrected chi connectivity index (χ2v) is 4.73. The van der Waals surface area contributed by atoms with Crippen molar-refractivity contribution in [2.75, 3.05) is 14.2 Å². The number of ketones is 1. The highest BCUT2D eigenvalue weighted by atomic mass is 16.5. The Morgan fingerprint density at radius 1 is 0.913 bits per heavy atom. The molecular formula is C18H16O5. The van der Waals surface area contributed by atoms with Crippen molar-refractivity contribution in [1.82, 2.24) is 0 Å². The van der Waals surface area contributed by atoms with Gasteiger partial charge in [-0.3, -0.25) is 4.79 Å². The van der Waals surface area contributed by atoms with Gasteiger partial charge in [0.25, 0.3) is 0 Å². The van der Waals surface area contributed by atoms with Gasteiger partial charge in [0.15, 0.2) is 5.78 Å². The van der Waals surface area contributed by atoms with Crippen molar-refractivity contribution in [1.29, 1.82) is 0 Å². The van der Waals surface area contributed by atoms with Crippen LogP contribution >= 0.6 is 0 Å². The van der Waals surface area contributed by atoms with Gasteiger partial charge in [0, 0.05) is 11.6 Å². The molecule has 0 atom stereocenters. The van der Waals surface area contributed by atoms with E-state index in [1.54, 1.807) is 36.4 Å². The monoisotopic (exact) mass is 312 g/mol. The summed E-state index contributed by atoms with van der Waals surface area (Å²) in [5.74, 6) is -0.122. The van der Waals surface area contributed by atoms with Gasteiger partial charge in [0.2, 0.25) is 0 Å².